The molecule has 2 N–H and O–H groups in total. The number of carboxylic acid groups (broad SMARTS) is 1. The third kappa shape index (κ3) is 4.93. The molecule has 1 aromatic carbocycles. The summed E-state index contributed by atoms with van der Waals surface area (Å²) in [6.07, 6.45) is 0.604. The summed E-state index contributed by atoms with van der Waals surface area (Å²) in [4.78, 5) is 56.5. The molecule has 1 aliphatic carbocycles. The average molecular weight is 538 g/mol. The molecule has 3 amide bonds. The Labute approximate surface area is 227 Å². The fourth-order valence-electron chi connectivity index (χ4n) is 6.61. The van der Waals surface area contributed by atoms with Gasteiger partial charge in [0.15, 0.2) is 0 Å². The minimum absolute atomic E-state index is 0.0203. The van der Waals surface area contributed by atoms with E-state index in [1.165, 1.54) is 4.90 Å². The van der Waals surface area contributed by atoms with Gasteiger partial charge in [-0.2, -0.15) is 5.26 Å². The van der Waals surface area contributed by atoms with Crippen LogP contribution in [0.3, 0.4) is 0 Å². The van der Waals surface area contributed by atoms with E-state index in [9.17, 15) is 29.5 Å². The van der Waals surface area contributed by atoms with Gasteiger partial charge < -0.3 is 25.0 Å². The quantitative estimate of drug-likeness (QED) is 0.538. The molecular weight excluding hydrogens is 502 g/mol. The first kappa shape index (κ1) is 26.9. The van der Waals surface area contributed by atoms with Gasteiger partial charge in [-0.3, -0.25) is 14.5 Å². The van der Waals surface area contributed by atoms with Crippen molar-refractivity contribution in [1.29, 1.82) is 5.26 Å². The van der Waals surface area contributed by atoms with Crippen LogP contribution in [0.25, 0.3) is 0 Å². The number of nitrogens with zero attached hydrogens (tertiary/aromatic N) is 4. The van der Waals surface area contributed by atoms with Crippen LogP contribution in [0.1, 0.15) is 62.5 Å². The molecule has 4 fully saturated rings. The maximum atomic E-state index is 13.7. The van der Waals surface area contributed by atoms with Crippen LogP contribution in [0, 0.1) is 23.2 Å². The molecule has 5 rings (SSSR count). The van der Waals surface area contributed by atoms with Gasteiger partial charge in [-0.15, -0.1) is 0 Å². The second-order valence-corrected chi connectivity index (χ2v) is 12.0. The van der Waals surface area contributed by atoms with Gasteiger partial charge in [0.2, 0.25) is 11.8 Å². The van der Waals surface area contributed by atoms with Crippen LogP contribution in [0.5, 0.6) is 0 Å². The lowest BCUT2D eigenvalue weighted by Crippen LogP contribution is -2.56. The summed E-state index contributed by atoms with van der Waals surface area (Å²) in [7, 11) is 0. The highest BCUT2D eigenvalue weighted by Gasteiger charge is 2.72. The number of hydrogen-bond acceptors (Lipinski definition) is 7. The molecule has 0 bridgehead atoms. The van der Waals surface area contributed by atoms with Crippen molar-refractivity contribution in [2.24, 2.45) is 11.8 Å². The summed E-state index contributed by atoms with van der Waals surface area (Å²) in [6, 6.07) is 6.79. The summed E-state index contributed by atoms with van der Waals surface area (Å²) in [5, 5.41) is 21.4. The predicted molar refractivity (Wildman–Crippen MR) is 138 cm³/mol. The molecule has 39 heavy (non-hydrogen) atoms. The number of carboxylic acids is 1. The van der Waals surface area contributed by atoms with Crippen molar-refractivity contribution in [3.63, 3.8) is 0 Å². The topological polar surface area (TPSA) is 143 Å². The van der Waals surface area contributed by atoms with Crippen molar-refractivity contribution in [3.05, 3.63) is 35.4 Å². The number of likely N-dealkylation sites (tertiary alicyclic amines) is 3. The van der Waals surface area contributed by atoms with E-state index in [4.69, 9.17) is 4.74 Å². The number of amides is 3. The van der Waals surface area contributed by atoms with Gasteiger partial charge in [0, 0.05) is 31.6 Å². The summed E-state index contributed by atoms with van der Waals surface area (Å²) in [5.41, 5.74) is 0.311. The van der Waals surface area contributed by atoms with Gasteiger partial charge >= 0.3 is 12.1 Å². The van der Waals surface area contributed by atoms with Crippen LogP contribution in [0.4, 0.5) is 4.79 Å². The van der Waals surface area contributed by atoms with Crippen LogP contribution >= 0.6 is 0 Å². The van der Waals surface area contributed by atoms with E-state index in [-0.39, 0.29) is 53.9 Å². The molecule has 4 aliphatic rings. The molecule has 3 aliphatic heterocycles. The highest BCUT2D eigenvalue weighted by molar-refractivity contribution is 5.90. The average Bonchev–Trinajstić information content (AvgIpc) is 3.19. The predicted octanol–water partition coefficient (Wildman–Crippen LogP) is 1.99. The number of benzene rings is 1. The molecule has 3 saturated heterocycles. The van der Waals surface area contributed by atoms with Gasteiger partial charge in [0.1, 0.15) is 17.7 Å². The van der Waals surface area contributed by atoms with E-state index < -0.39 is 29.7 Å². The number of carbonyl (C=O) groups excluding carboxylic acids is 3. The molecule has 1 aromatic rings. The van der Waals surface area contributed by atoms with Crippen molar-refractivity contribution in [2.75, 3.05) is 19.6 Å². The first-order valence-electron chi connectivity index (χ1n) is 13.5. The first-order valence-corrected chi connectivity index (χ1v) is 13.5. The maximum Gasteiger partial charge on any atom is 0.408 e. The van der Waals surface area contributed by atoms with Gasteiger partial charge in [0.05, 0.1) is 23.7 Å². The minimum Gasteiger partial charge on any atom is -0.478 e. The molecule has 0 aromatic heterocycles. The summed E-state index contributed by atoms with van der Waals surface area (Å²) >= 11 is 0. The lowest BCUT2D eigenvalue weighted by molar-refractivity contribution is -0.137. The van der Waals surface area contributed by atoms with Crippen LogP contribution in [-0.2, 0) is 14.3 Å². The molecule has 0 spiro atoms. The molecule has 1 saturated carbocycles. The largest absolute Gasteiger partial charge is 0.478 e. The number of piperidine rings is 2. The Hall–Kier alpha value is -3.65. The maximum absolute atomic E-state index is 13.7. The molecule has 0 radical (unpaired) electrons. The number of carbonyl (C=O) groups is 4. The van der Waals surface area contributed by atoms with E-state index in [1.807, 2.05) is 16.7 Å². The van der Waals surface area contributed by atoms with Crippen LogP contribution in [0.2, 0.25) is 0 Å². The standard InChI is InChI=1S/C28H35N5O6/c1-15(16-7-9-17(10-8-16)26(36)37)33-22-19-13-31(23(21(19)22)25(33)35)14-20(30-27(38)39-28(2,3)4)24(34)32-11-5-6-18(32)12-29/h7-10,15,18-23H,5-6,11,13-14H2,1-4H3,(H,30,38)(H,36,37)/t15-,18?,19+,20?,21?,22?,23?/m0/s1. The highest BCUT2D eigenvalue weighted by Crippen LogP contribution is 2.60. The van der Waals surface area contributed by atoms with Gasteiger partial charge in [-0.25, -0.2) is 9.59 Å². The van der Waals surface area contributed by atoms with E-state index in [0.717, 1.165) is 12.0 Å². The minimum atomic E-state index is -0.999. The van der Waals surface area contributed by atoms with Crippen molar-refractivity contribution < 1.29 is 29.0 Å². The fourth-order valence-corrected chi connectivity index (χ4v) is 6.61. The van der Waals surface area contributed by atoms with Crippen molar-refractivity contribution in [1.82, 2.24) is 20.0 Å². The number of aromatic carboxylic acids is 1. The molecule has 11 heteroatoms. The Balaban J connectivity index is 1.32. The van der Waals surface area contributed by atoms with Crippen LogP contribution < -0.4 is 5.32 Å². The monoisotopic (exact) mass is 537 g/mol. The molecule has 3 heterocycles. The fraction of sp³-hybridized carbons (Fsp3) is 0.607. The number of rotatable bonds is 7. The number of hydrogen-bond donors (Lipinski definition) is 2. The Bertz CT molecular complexity index is 1220. The Morgan fingerprint density at radius 1 is 1.23 bits per heavy atom. The third-order valence-corrected chi connectivity index (χ3v) is 8.37. The Kier molecular flexibility index (Phi) is 6.79. The second-order valence-electron chi connectivity index (χ2n) is 12.0. The molecule has 5 unspecified atom stereocenters. The third-order valence-electron chi connectivity index (χ3n) is 8.37. The second kappa shape index (κ2) is 9.83. The summed E-state index contributed by atoms with van der Waals surface area (Å²) < 4.78 is 5.42. The van der Waals surface area contributed by atoms with Crippen molar-refractivity contribution in [3.8, 4) is 6.07 Å². The van der Waals surface area contributed by atoms with Gasteiger partial charge in [0.25, 0.3) is 0 Å². The van der Waals surface area contributed by atoms with E-state index >= 15 is 0 Å². The molecule has 208 valence electrons. The molecule has 11 nitrogen and oxygen atoms in total. The normalized spacial score (nSPS) is 29.0. The Morgan fingerprint density at radius 2 is 1.92 bits per heavy atom. The van der Waals surface area contributed by atoms with Gasteiger partial charge in [-0.05, 0) is 64.2 Å². The van der Waals surface area contributed by atoms with Crippen LogP contribution in [-0.4, -0.2) is 93.1 Å². The number of nitriles is 1. The zero-order valence-corrected chi connectivity index (χ0v) is 22.7. The number of fused-ring (bicyclic) bond motifs is 1. The summed E-state index contributed by atoms with van der Waals surface area (Å²) in [6.45, 7) is 8.41. The lowest BCUT2D eigenvalue weighted by atomic mass is 10.0. The SMILES string of the molecule is C[C@@H](c1ccc(C(=O)O)cc1)N1C(=O)C2C3C1[C@@H]3CN2CC(NC(=O)OC(C)(C)C)C(=O)N1CCCC1C#N. The molecule has 7 atom stereocenters. The Morgan fingerprint density at radius 3 is 2.54 bits per heavy atom. The van der Waals surface area contributed by atoms with Gasteiger partial charge in [-0.1, -0.05) is 12.1 Å². The zero-order valence-electron chi connectivity index (χ0n) is 22.7. The number of ether oxygens (including phenoxy) is 1. The number of nitrogens with one attached hydrogen (secondary N) is 1. The van der Waals surface area contributed by atoms with Crippen molar-refractivity contribution in [2.45, 2.75) is 76.3 Å². The first-order chi connectivity index (χ1) is 18.4. The molecular formula is C28H35N5O6. The van der Waals surface area contributed by atoms with E-state index in [0.29, 0.717) is 19.5 Å². The zero-order chi connectivity index (χ0) is 28.2. The van der Waals surface area contributed by atoms with E-state index in [2.05, 4.69) is 11.4 Å². The van der Waals surface area contributed by atoms with Crippen LogP contribution in [0.15, 0.2) is 24.3 Å². The summed E-state index contributed by atoms with van der Waals surface area (Å²) in [5.74, 6) is -0.913. The highest BCUT2D eigenvalue weighted by atomic mass is 16.6. The lowest BCUT2D eigenvalue weighted by Gasteiger charge is -2.32. The van der Waals surface area contributed by atoms with E-state index in [1.54, 1.807) is 45.0 Å². The van der Waals surface area contributed by atoms with Crippen molar-refractivity contribution >= 4 is 23.9 Å². The smallest absolute Gasteiger partial charge is 0.408 e. The number of alkyl carbamates (subject to hydrolysis) is 1.